The molecule has 1 fully saturated rings. The van der Waals surface area contributed by atoms with Crippen molar-refractivity contribution in [3.63, 3.8) is 0 Å². The van der Waals surface area contributed by atoms with E-state index in [1.165, 1.54) is 10.8 Å². The number of aryl methyl sites for hydroxylation is 1. The summed E-state index contributed by atoms with van der Waals surface area (Å²) in [5.41, 5.74) is 2.07. The molecule has 2 heterocycles. The third kappa shape index (κ3) is 4.01. The van der Waals surface area contributed by atoms with Crippen molar-refractivity contribution in [3.05, 3.63) is 58.9 Å². The van der Waals surface area contributed by atoms with Gasteiger partial charge in [0.2, 0.25) is 5.91 Å². The molecule has 140 valence electrons. The number of carbonyl (C=O) groups excluding carboxylic acids is 1. The molecule has 0 spiro atoms. The van der Waals surface area contributed by atoms with E-state index < -0.39 is 5.82 Å². The summed E-state index contributed by atoms with van der Waals surface area (Å²) in [5, 5.41) is 3.77. The highest BCUT2D eigenvalue weighted by molar-refractivity contribution is 7.18. The predicted octanol–water partition coefficient (Wildman–Crippen LogP) is 4.91. The van der Waals surface area contributed by atoms with Crippen LogP contribution in [0.1, 0.15) is 35.9 Å². The van der Waals surface area contributed by atoms with Gasteiger partial charge < -0.3 is 5.32 Å². The van der Waals surface area contributed by atoms with Gasteiger partial charge in [-0.2, -0.15) is 0 Å². The number of rotatable bonds is 4. The third-order valence-electron chi connectivity index (χ3n) is 4.95. The Hall–Kier alpha value is -2.31. The van der Waals surface area contributed by atoms with Crippen molar-refractivity contribution in [3.8, 4) is 0 Å². The first-order valence-electron chi connectivity index (χ1n) is 9.26. The SMILES string of the molecule is Cc1ccc(NC(=O)CN2CCCC[C@@H]2c2nc3ccccc3s2)c(F)c1. The van der Waals surface area contributed by atoms with Crippen molar-refractivity contribution in [2.24, 2.45) is 0 Å². The summed E-state index contributed by atoms with van der Waals surface area (Å²) >= 11 is 1.70. The minimum Gasteiger partial charge on any atom is -0.322 e. The highest BCUT2D eigenvalue weighted by atomic mass is 32.1. The number of piperidine rings is 1. The van der Waals surface area contributed by atoms with Crippen LogP contribution >= 0.6 is 11.3 Å². The van der Waals surface area contributed by atoms with Crippen molar-refractivity contribution in [1.82, 2.24) is 9.88 Å². The van der Waals surface area contributed by atoms with Gasteiger partial charge in [0.15, 0.2) is 0 Å². The summed E-state index contributed by atoms with van der Waals surface area (Å²) in [6, 6.07) is 13.1. The fourth-order valence-electron chi connectivity index (χ4n) is 3.59. The number of likely N-dealkylation sites (tertiary alicyclic amines) is 1. The Morgan fingerprint density at radius 1 is 1.30 bits per heavy atom. The maximum absolute atomic E-state index is 14.0. The number of hydrogen-bond donors (Lipinski definition) is 1. The molecule has 1 atom stereocenters. The van der Waals surface area contributed by atoms with Crippen LogP contribution in [0.25, 0.3) is 10.2 Å². The molecule has 3 aromatic rings. The number of benzene rings is 2. The van der Waals surface area contributed by atoms with Crippen LogP contribution in [-0.2, 0) is 4.79 Å². The van der Waals surface area contributed by atoms with Crippen molar-refractivity contribution in [1.29, 1.82) is 0 Å². The maximum atomic E-state index is 14.0. The number of fused-ring (bicyclic) bond motifs is 1. The second-order valence-corrected chi connectivity index (χ2v) is 8.10. The molecular formula is C21H22FN3OS. The zero-order chi connectivity index (χ0) is 18.8. The fourth-order valence-corrected chi connectivity index (χ4v) is 4.73. The van der Waals surface area contributed by atoms with Crippen molar-refractivity contribution in [2.75, 3.05) is 18.4 Å². The molecule has 6 heteroatoms. The van der Waals surface area contributed by atoms with E-state index in [1.54, 1.807) is 23.5 Å². The van der Waals surface area contributed by atoms with Crippen LogP contribution in [0.5, 0.6) is 0 Å². The average molecular weight is 383 g/mol. The van der Waals surface area contributed by atoms with E-state index in [0.717, 1.165) is 41.9 Å². The number of nitrogens with one attached hydrogen (secondary N) is 1. The fraction of sp³-hybridized carbons (Fsp3) is 0.333. The predicted molar refractivity (Wildman–Crippen MR) is 108 cm³/mol. The van der Waals surface area contributed by atoms with E-state index in [0.29, 0.717) is 0 Å². The molecule has 1 N–H and O–H groups in total. The van der Waals surface area contributed by atoms with Gasteiger partial charge in [0.25, 0.3) is 0 Å². The Bertz CT molecular complexity index is 938. The highest BCUT2D eigenvalue weighted by Crippen LogP contribution is 2.35. The quantitative estimate of drug-likeness (QED) is 0.696. The van der Waals surface area contributed by atoms with Crippen molar-refractivity contribution < 1.29 is 9.18 Å². The molecule has 27 heavy (non-hydrogen) atoms. The monoisotopic (exact) mass is 383 g/mol. The number of halogens is 1. The van der Waals surface area contributed by atoms with Crippen LogP contribution in [0.2, 0.25) is 0 Å². The van der Waals surface area contributed by atoms with Gasteiger partial charge in [-0.25, -0.2) is 9.37 Å². The Balaban J connectivity index is 1.49. The standard InChI is InChI=1S/C21H22FN3OS/c1-14-9-10-16(15(22)12-14)23-20(26)13-25-11-5-4-7-18(25)21-24-17-6-2-3-8-19(17)27-21/h2-3,6,8-10,12,18H,4-5,7,11,13H2,1H3,(H,23,26)/t18-/m1/s1. The second-order valence-electron chi connectivity index (χ2n) is 7.03. The first-order valence-corrected chi connectivity index (χ1v) is 10.1. The molecule has 4 nitrogen and oxygen atoms in total. The van der Waals surface area contributed by atoms with Gasteiger partial charge in [0, 0.05) is 0 Å². The first kappa shape index (κ1) is 18.1. The number of hydrogen-bond acceptors (Lipinski definition) is 4. The lowest BCUT2D eigenvalue weighted by Crippen LogP contribution is -2.39. The summed E-state index contributed by atoms with van der Waals surface area (Å²) in [7, 11) is 0. The number of carbonyl (C=O) groups is 1. The van der Waals surface area contributed by atoms with E-state index in [4.69, 9.17) is 4.98 Å². The molecule has 2 aromatic carbocycles. The van der Waals surface area contributed by atoms with Crippen LogP contribution in [0.3, 0.4) is 0 Å². The van der Waals surface area contributed by atoms with Gasteiger partial charge in [0.1, 0.15) is 10.8 Å². The Morgan fingerprint density at radius 2 is 2.15 bits per heavy atom. The number of para-hydroxylation sites is 1. The summed E-state index contributed by atoms with van der Waals surface area (Å²) in [6.07, 6.45) is 3.19. The largest absolute Gasteiger partial charge is 0.322 e. The molecule has 1 aliphatic rings. The first-order chi connectivity index (χ1) is 13.1. The molecule has 4 rings (SSSR count). The molecule has 1 saturated heterocycles. The number of aromatic nitrogens is 1. The smallest absolute Gasteiger partial charge is 0.238 e. The molecule has 0 bridgehead atoms. The normalized spacial score (nSPS) is 17.9. The molecule has 1 amide bonds. The lowest BCUT2D eigenvalue weighted by Gasteiger charge is -2.33. The lowest BCUT2D eigenvalue weighted by atomic mass is 10.0. The topological polar surface area (TPSA) is 45.2 Å². The summed E-state index contributed by atoms with van der Waals surface area (Å²) in [5.74, 6) is -0.588. The zero-order valence-corrected chi connectivity index (χ0v) is 16.1. The van der Waals surface area contributed by atoms with Crippen LogP contribution in [0.4, 0.5) is 10.1 Å². The minimum atomic E-state index is -0.398. The number of thiazole rings is 1. The third-order valence-corrected chi connectivity index (χ3v) is 6.09. The van der Waals surface area contributed by atoms with E-state index in [9.17, 15) is 9.18 Å². The molecule has 0 saturated carbocycles. The van der Waals surface area contributed by atoms with Gasteiger partial charge >= 0.3 is 0 Å². The van der Waals surface area contributed by atoms with Crippen molar-refractivity contribution in [2.45, 2.75) is 32.2 Å². The van der Waals surface area contributed by atoms with E-state index in [2.05, 4.69) is 16.3 Å². The number of anilines is 1. The average Bonchev–Trinajstić information content (AvgIpc) is 3.08. The molecule has 1 aromatic heterocycles. The van der Waals surface area contributed by atoms with E-state index in [-0.39, 0.29) is 24.2 Å². The molecule has 0 radical (unpaired) electrons. The highest BCUT2D eigenvalue weighted by Gasteiger charge is 2.28. The molecule has 0 unspecified atom stereocenters. The zero-order valence-electron chi connectivity index (χ0n) is 15.2. The van der Waals surface area contributed by atoms with Crippen LogP contribution < -0.4 is 5.32 Å². The summed E-state index contributed by atoms with van der Waals surface area (Å²) < 4.78 is 15.2. The van der Waals surface area contributed by atoms with Gasteiger partial charge in [0.05, 0.1) is 28.5 Å². The van der Waals surface area contributed by atoms with E-state index >= 15 is 0 Å². The van der Waals surface area contributed by atoms with Gasteiger partial charge in [-0.3, -0.25) is 9.69 Å². The molecular weight excluding hydrogens is 361 g/mol. The summed E-state index contributed by atoms with van der Waals surface area (Å²) in [6.45, 7) is 2.92. The second kappa shape index (κ2) is 7.74. The Kier molecular flexibility index (Phi) is 5.18. The lowest BCUT2D eigenvalue weighted by molar-refractivity contribution is -0.118. The maximum Gasteiger partial charge on any atom is 0.238 e. The molecule has 0 aliphatic carbocycles. The number of amides is 1. The van der Waals surface area contributed by atoms with Crippen molar-refractivity contribution >= 4 is 33.1 Å². The summed E-state index contributed by atoms with van der Waals surface area (Å²) in [4.78, 5) is 19.5. The Labute approximate surface area is 162 Å². The molecule has 1 aliphatic heterocycles. The van der Waals surface area contributed by atoms with Crippen LogP contribution in [0, 0.1) is 12.7 Å². The Morgan fingerprint density at radius 3 is 2.96 bits per heavy atom. The van der Waals surface area contributed by atoms with Gasteiger partial charge in [-0.1, -0.05) is 24.6 Å². The van der Waals surface area contributed by atoms with Crippen LogP contribution in [0.15, 0.2) is 42.5 Å². The van der Waals surface area contributed by atoms with Gasteiger partial charge in [-0.15, -0.1) is 11.3 Å². The number of nitrogens with zero attached hydrogens (tertiary/aromatic N) is 2. The van der Waals surface area contributed by atoms with Gasteiger partial charge in [-0.05, 0) is 56.1 Å². The van der Waals surface area contributed by atoms with E-state index in [1.807, 2.05) is 25.1 Å². The van der Waals surface area contributed by atoms with Crippen LogP contribution in [-0.4, -0.2) is 28.9 Å². The minimum absolute atomic E-state index is 0.143.